The molecule has 0 heterocycles. The van der Waals surface area contributed by atoms with Crippen LogP contribution in [-0.2, 0) is 21.3 Å². The van der Waals surface area contributed by atoms with Crippen LogP contribution in [0.5, 0.6) is 0 Å². The highest BCUT2D eigenvalue weighted by molar-refractivity contribution is 7.92. The minimum absolute atomic E-state index is 0.00650. The molecule has 0 atom stereocenters. The smallest absolute Gasteiger partial charge is 0.407 e. The average molecular weight is 559 g/mol. The molecular formula is C25H33Cl2N3O5S. The molecule has 0 radical (unpaired) electrons. The van der Waals surface area contributed by atoms with E-state index in [4.69, 9.17) is 27.9 Å². The van der Waals surface area contributed by atoms with Gasteiger partial charge in [-0.1, -0.05) is 35.3 Å². The lowest BCUT2D eigenvalue weighted by Gasteiger charge is -2.23. The molecule has 2 N–H and O–H groups in total. The molecular weight excluding hydrogens is 525 g/mol. The third-order valence-electron chi connectivity index (χ3n) is 4.97. The van der Waals surface area contributed by atoms with Crippen molar-refractivity contribution in [2.24, 2.45) is 0 Å². The van der Waals surface area contributed by atoms with Crippen molar-refractivity contribution >= 4 is 50.9 Å². The highest BCUT2D eigenvalue weighted by Gasteiger charge is 2.20. The fourth-order valence-corrected chi connectivity index (χ4v) is 4.50. The number of sulfonamides is 1. The first-order valence-electron chi connectivity index (χ1n) is 11.5. The van der Waals surface area contributed by atoms with Crippen molar-refractivity contribution in [3.8, 4) is 0 Å². The van der Waals surface area contributed by atoms with Crippen LogP contribution in [0.15, 0.2) is 42.5 Å². The zero-order valence-corrected chi connectivity index (χ0v) is 23.3. The molecule has 0 saturated carbocycles. The van der Waals surface area contributed by atoms with Gasteiger partial charge in [0, 0.05) is 18.7 Å². The van der Waals surface area contributed by atoms with Crippen molar-refractivity contribution in [2.75, 3.05) is 23.7 Å². The number of alkyl carbamates (subject to hydrolysis) is 1. The Kier molecular flexibility index (Phi) is 10.9. The van der Waals surface area contributed by atoms with Crippen LogP contribution in [0, 0.1) is 0 Å². The first kappa shape index (κ1) is 29.7. The zero-order valence-electron chi connectivity index (χ0n) is 20.9. The van der Waals surface area contributed by atoms with Crippen molar-refractivity contribution in [2.45, 2.75) is 52.2 Å². The molecule has 0 aliphatic heterocycles. The number of anilines is 1. The van der Waals surface area contributed by atoms with Crippen molar-refractivity contribution < 1.29 is 22.7 Å². The van der Waals surface area contributed by atoms with Crippen LogP contribution in [-0.4, -0.2) is 45.4 Å². The first-order valence-corrected chi connectivity index (χ1v) is 14.1. The fraction of sp³-hybridized carbons (Fsp3) is 0.440. The van der Waals surface area contributed by atoms with Gasteiger partial charge < -0.3 is 15.4 Å². The van der Waals surface area contributed by atoms with E-state index in [1.165, 1.54) is 4.31 Å². The van der Waals surface area contributed by atoms with Gasteiger partial charge >= 0.3 is 6.09 Å². The number of carbonyl (C=O) groups is 2. The summed E-state index contributed by atoms with van der Waals surface area (Å²) >= 11 is 12.3. The molecule has 0 unspecified atom stereocenters. The van der Waals surface area contributed by atoms with E-state index in [2.05, 4.69) is 10.6 Å². The molecule has 0 fully saturated rings. The molecule has 0 spiro atoms. The second-order valence-electron chi connectivity index (χ2n) is 9.27. The van der Waals surface area contributed by atoms with E-state index >= 15 is 0 Å². The van der Waals surface area contributed by atoms with Gasteiger partial charge in [0.15, 0.2) is 0 Å². The molecule has 2 rings (SSSR count). The molecule has 0 aliphatic rings. The van der Waals surface area contributed by atoms with Crippen LogP contribution in [0.1, 0.15) is 56.0 Å². The van der Waals surface area contributed by atoms with E-state index in [-0.39, 0.29) is 12.5 Å². The standard InChI is InChI=1S/C25H33Cl2N3O5S/c1-25(2,3)35-24(32)29-16-7-5-6-15-28-23(31)18-11-13-20(14-12-18)30(36(4,33)34)17-19-9-8-10-21(26)22(19)27/h8-14H,5-7,15-17H2,1-4H3,(H,28,31)(H,29,32). The zero-order chi connectivity index (χ0) is 26.9. The molecule has 8 nitrogen and oxygen atoms in total. The molecule has 0 aromatic heterocycles. The summed E-state index contributed by atoms with van der Waals surface area (Å²) in [5.41, 5.74) is 0.861. The first-order chi connectivity index (χ1) is 16.8. The molecule has 0 aliphatic carbocycles. The number of ether oxygens (including phenoxy) is 1. The molecule has 2 aromatic carbocycles. The van der Waals surface area contributed by atoms with Crippen LogP contribution in [0.2, 0.25) is 10.0 Å². The Morgan fingerprint density at radius 2 is 1.56 bits per heavy atom. The van der Waals surface area contributed by atoms with Gasteiger partial charge in [-0.15, -0.1) is 0 Å². The van der Waals surface area contributed by atoms with Crippen molar-refractivity contribution in [1.29, 1.82) is 0 Å². The highest BCUT2D eigenvalue weighted by atomic mass is 35.5. The summed E-state index contributed by atoms with van der Waals surface area (Å²) in [4.78, 5) is 24.1. The summed E-state index contributed by atoms with van der Waals surface area (Å²) in [6, 6.07) is 11.4. The number of hydrogen-bond donors (Lipinski definition) is 2. The third kappa shape index (κ3) is 9.87. The van der Waals surface area contributed by atoms with E-state index < -0.39 is 21.7 Å². The molecule has 198 valence electrons. The van der Waals surface area contributed by atoms with E-state index in [0.717, 1.165) is 25.5 Å². The summed E-state index contributed by atoms with van der Waals surface area (Å²) in [6.45, 7) is 6.41. The fourth-order valence-electron chi connectivity index (χ4n) is 3.24. The van der Waals surface area contributed by atoms with Gasteiger partial charge in [0.25, 0.3) is 5.91 Å². The SMILES string of the molecule is CC(C)(C)OC(=O)NCCCCCNC(=O)c1ccc(N(Cc2cccc(Cl)c2Cl)S(C)(=O)=O)cc1. The van der Waals surface area contributed by atoms with E-state index in [0.29, 0.717) is 39.9 Å². The second-order valence-corrected chi connectivity index (χ2v) is 12.0. The molecule has 2 amide bonds. The molecule has 0 saturated heterocycles. The Balaban J connectivity index is 1.85. The topological polar surface area (TPSA) is 105 Å². The number of rotatable bonds is 11. The van der Waals surface area contributed by atoms with Crippen LogP contribution < -0.4 is 14.9 Å². The van der Waals surface area contributed by atoms with Gasteiger partial charge in [-0.2, -0.15) is 0 Å². The number of unbranched alkanes of at least 4 members (excludes halogenated alkanes) is 2. The Hall–Kier alpha value is -2.49. The van der Waals surface area contributed by atoms with Crippen molar-refractivity contribution in [1.82, 2.24) is 10.6 Å². The van der Waals surface area contributed by atoms with Crippen LogP contribution in [0.4, 0.5) is 10.5 Å². The minimum atomic E-state index is -3.62. The molecule has 0 bridgehead atoms. The maximum Gasteiger partial charge on any atom is 0.407 e. The summed E-state index contributed by atoms with van der Waals surface area (Å²) in [5, 5.41) is 6.19. The van der Waals surface area contributed by atoms with Crippen LogP contribution >= 0.6 is 23.2 Å². The van der Waals surface area contributed by atoms with Gasteiger partial charge in [-0.25, -0.2) is 13.2 Å². The van der Waals surface area contributed by atoms with Crippen LogP contribution in [0.25, 0.3) is 0 Å². The van der Waals surface area contributed by atoms with Crippen LogP contribution in [0.3, 0.4) is 0 Å². The summed E-state index contributed by atoms with van der Waals surface area (Å²) < 4.78 is 31.3. The highest BCUT2D eigenvalue weighted by Crippen LogP contribution is 2.29. The summed E-state index contributed by atoms with van der Waals surface area (Å²) in [7, 11) is -3.62. The molecule has 2 aromatic rings. The lowest BCUT2D eigenvalue weighted by Crippen LogP contribution is -2.33. The predicted octanol–water partition coefficient (Wildman–Crippen LogP) is 5.38. The van der Waals surface area contributed by atoms with Crippen molar-refractivity contribution in [3.05, 3.63) is 63.6 Å². The number of benzene rings is 2. The predicted molar refractivity (Wildman–Crippen MR) is 144 cm³/mol. The normalized spacial score (nSPS) is 11.6. The Bertz CT molecular complexity index is 1150. The Morgan fingerprint density at radius 3 is 2.14 bits per heavy atom. The lowest BCUT2D eigenvalue weighted by atomic mass is 10.1. The van der Waals surface area contributed by atoms with E-state index in [1.807, 2.05) is 20.8 Å². The van der Waals surface area contributed by atoms with E-state index in [9.17, 15) is 18.0 Å². The quantitative estimate of drug-likeness (QED) is 0.360. The van der Waals surface area contributed by atoms with Crippen molar-refractivity contribution in [3.63, 3.8) is 0 Å². The lowest BCUT2D eigenvalue weighted by molar-refractivity contribution is 0.0527. The van der Waals surface area contributed by atoms with Gasteiger partial charge in [-0.05, 0) is 75.9 Å². The largest absolute Gasteiger partial charge is 0.444 e. The maximum absolute atomic E-state index is 12.5. The van der Waals surface area contributed by atoms with E-state index in [1.54, 1.807) is 42.5 Å². The second kappa shape index (κ2) is 13.2. The monoisotopic (exact) mass is 557 g/mol. The molecule has 36 heavy (non-hydrogen) atoms. The minimum Gasteiger partial charge on any atom is -0.444 e. The molecule has 11 heteroatoms. The summed E-state index contributed by atoms with van der Waals surface area (Å²) in [5.74, 6) is -0.253. The number of amides is 2. The number of hydrogen-bond acceptors (Lipinski definition) is 5. The average Bonchev–Trinajstić information content (AvgIpc) is 2.77. The number of nitrogens with zero attached hydrogens (tertiary/aromatic N) is 1. The van der Waals surface area contributed by atoms with Gasteiger partial charge in [-0.3, -0.25) is 9.10 Å². The number of halogens is 2. The summed E-state index contributed by atoms with van der Waals surface area (Å²) in [6.07, 6.45) is 3.01. The van der Waals surface area contributed by atoms with Gasteiger partial charge in [0.2, 0.25) is 10.0 Å². The Labute approximate surface area is 223 Å². The maximum atomic E-state index is 12.5. The van der Waals surface area contributed by atoms with Gasteiger partial charge in [0.1, 0.15) is 5.60 Å². The number of nitrogens with one attached hydrogen (secondary N) is 2. The number of carbonyl (C=O) groups excluding carboxylic acids is 2. The third-order valence-corrected chi connectivity index (χ3v) is 6.97. The van der Waals surface area contributed by atoms with Gasteiger partial charge in [0.05, 0.1) is 28.5 Å². The Morgan fingerprint density at radius 1 is 0.944 bits per heavy atom.